The average molecular weight is 325 g/mol. The summed E-state index contributed by atoms with van der Waals surface area (Å²) in [5.41, 5.74) is 4.06. The van der Waals surface area contributed by atoms with Crippen LogP contribution in [0.15, 0.2) is 16.6 Å². The van der Waals surface area contributed by atoms with Crippen LogP contribution in [-0.4, -0.2) is 25.7 Å². The summed E-state index contributed by atoms with van der Waals surface area (Å²) in [6.07, 6.45) is 1.21. The summed E-state index contributed by atoms with van der Waals surface area (Å²) in [5.74, 6) is 0.659. The van der Waals surface area contributed by atoms with Crippen LogP contribution in [0.2, 0.25) is 0 Å². The highest BCUT2D eigenvalue weighted by Crippen LogP contribution is 2.36. The predicted molar refractivity (Wildman–Crippen MR) is 87.1 cm³/mol. The van der Waals surface area contributed by atoms with E-state index in [-0.39, 0.29) is 0 Å². The Labute approximate surface area is 125 Å². The van der Waals surface area contributed by atoms with Crippen LogP contribution >= 0.6 is 15.9 Å². The lowest BCUT2D eigenvalue weighted by atomic mass is 9.86. The van der Waals surface area contributed by atoms with E-state index in [9.17, 15) is 0 Å². The molecular weight excluding hydrogens is 300 g/mol. The van der Waals surface area contributed by atoms with Gasteiger partial charge in [-0.3, -0.25) is 0 Å². The summed E-state index contributed by atoms with van der Waals surface area (Å²) in [5, 5.41) is 3.46. The van der Waals surface area contributed by atoms with E-state index in [1.165, 1.54) is 27.7 Å². The fourth-order valence-corrected chi connectivity index (χ4v) is 4.26. The molecule has 106 valence electrons. The summed E-state index contributed by atoms with van der Waals surface area (Å²) in [4.78, 5) is 2.57. The minimum atomic E-state index is 0.559. The van der Waals surface area contributed by atoms with Crippen molar-refractivity contribution < 1.29 is 0 Å². The lowest BCUT2D eigenvalue weighted by molar-refractivity contribution is 0.282. The first-order valence-corrected chi connectivity index (χ1v) is 7.95. The summed E-state index contributed by atoms with van der Waals surface area (Å²) in [7, 11) is 2.08. The molecule has 1 N–H and O–H groups in total. The second-order valence-electron chi connectivity index (χ2n) is 5.89. The van der Waals surface area contributed by atoms with E-state index in [4.69, 9.17) is 0 Å². The molecule has 0 saturated carbocycles. The highest BCUT2D eigenvalue weighted by atomic mass is 79.9. The zero-order valence-electron chi connectivity index (χ0n) is 12.6. The molecule has 0 bridgehead atoms. The third-order valence-electron chi connectivity index (χ3n) is 4.62. The first-order valence-electron chi connectivity index (χ1n) is 7.16. The SMILES string of the molecule is CNC1CCN(c2c(C)cc(C)cc2Br)C(C)C1C. The van der Waals surface area contributed by atoms with E-state index in [1.807, 2.05) is 0 Å². The van der Waals surface area contributed by atoms with Crippen LogP contribution in [0.4, 0.5) is 5.69 Å². The maximum atomic E-state index is 3.76. The number of hydrogen-bond acceptors (Lipinski definition) is 2. The Morgan fingerprint density at radius 3 is 2.53 bits per heavy atom. The smallest absolute Gasteiger partial charge is 0.0543 e. The number of anilines is 1. The third-order valence-corrected chi connectivity index (χ3v) is 5.23. The van der Waals surface area contributed by atoms with Crippen molar-refractivity contribution in [1.82, 2.24) is 5.32 Å². The number of rotatable bonds is 2. The topological polar surface area (TPSA) is 15.3 Å². The Morgan fingerprint density at radius 2 is 1.95 bits per heavy atom. The van der Waals surface area contributed by atoms with Crippen LogP contribution in [-0.2, 0) is 0 Å². The van der Waals surface area contributed by atoms with Crippen molar-refractivity contribution in [3.63, 3.8) is 0 Å². The largest absolute Gasteiger partial charge is 0.367 e. The van der Waals surface area contributed by atoms with Gasteiger partial charge in [-0.1, -0.05) is 13.0 Å². The van der Waals surface area contributed by atoms with Gasteiger partial charge in [-0.05, 0) is 73.3 Å². The highest BCUT2D eigenvalue weighted by Gasteiger charge is 2.32. The third kappa shape index (κ3) is 2.82. The molecule has 3 unspecified atom stereocenters. The van der Waals surface area contributed by atoms with Crippen molar-refractivity contribution >= 4 is 21.6 Å². The van der Waals surface area contributed by atoms with Gasteiger partial charge in [0, 0.05) is 23.1 Å². The summed E-state index contributed by atoms with van der Waals surface area (Å²) < 4.78 is 1.23. The molecule has 0 spiro atoms. The number of aryl methyl sites for hydroxylation is 2. The number of nitrogens with one attached hydrogen (secondary N) is 1. The lowest BCUT2D eigenvalue weighted by Crippen LogP contribution is -2.53. The van der Waals surface area contributed by atoms with Crippen LogP contribution in [0.25, 0.3) is 0 Å². The summed E-state index contributed by atoms with van der Waals surface area (Å²) in [6, 6.07) is 5.70. The molecule has 1 fully saturated rings. The van der Waals surface area contributed by atoms with Gasteiger partial charge in [0.25, 0.3) is 0 Å². The zero-order valence-corrected chi connectivity index (χ0v) is 14.2. The maximum absolute atomic E-state index is 3.76. The van der Waals surface area contributed by atoms with Gasteiger partial charge >= 0.3 is 0 Å². The van der Waals surface area contributed by atoms with Gasteiger partial charge in [-0.15, -0.1) is 0 Å². The minimum absolute atomic E-state index is 0.559. The Balaban J connectivity index is 2.33. The van der Waals surface area contributed by atoms with E-state index >= 15 is 0 Å². The number of benzene rings is 1. The van der Waals surface area contributed by atoms with Crippen LogP contribution < -0.4 is 10.2 Å². The fourth-order valence-electron chi connectivity index (χ4n) is 3.36. The Bertz CT molecular complexity index is 435. The molecule has 1 aromatic carbocycles. The molecule has 1 heterocycles. The van der Waals surface area contributed by atoms with Gasteiger partial charge in [0.15, 0.2) is 0 Å². The Hall–Kier alpha value is -0.540. The number of halogens is 1. The molecule has 0 aromatic heterocycles. The summed E-state index contributed by atoms with van der Waals surface area (Å²) >= 11 is 3.76. The molecule has 1 aromatic rings. The molecule has 3 heteroatoms. The Kier molecular flexibility index (Phi) is 4.57. The minimum Gasteiger partial charge on any atom is -0.367 e. The molecule has 1 saturated heterocycles. The standard InChI is InChI=1S/C16H25BrN2/c1-10-8-11(2)16(14(17)9-10)19-7-6-15(18-5)12(3)13(19)4/h8-9,12-13,15,18H,6-7H2,1-5H3. The first-order chi connectivity index (χ1) is 8.95. The van der Waals surface area contributed by atoms with Crippen LogP contribution in [0.1, 0.15) is 31.4 Å². The van der Waals surface area contributed by atoms with Gasteiger partial charge in [0.2, 0.25) is 0 Å². The fraction of sp³-hybridized carbons (Fsp3) is 0.625. The molecule has 1 aliphatic rings. The van der Waals surface area contributed by atoms with Gasteiger partial charge in [0.05, 0.1) is 5.69 Å². The number of piperidine rings is 1. The van der Waals surface area contributed by atoms with Gasteiger partial charge in [-0.25, -0.2) is 0 Å². The van der Waals surface area contributed by atoms with E-state index in [1.54, 1.807) is 0 Å². The predicted octanol–water partition coefficient (Wildman–Crippen LogP) is 3.89. The number of nitrogens with zero attached hydrogens (tertiary/aromatic N) is 1. The van der Waals surface area contributed by atoms with E-state index < -0.39 is 0 Å². The molecule has 0 amide bonds. The maximum Gasteiger partial charge on any atom is 0.0543 e. The van der Waals surface area contributed by atoms with E-state index in [0.717, 1.165) is 6.54 Å². The van der Waals surface area contributed by atoms with Crippen LogP contribution in [0, 0.1) is 19.8 Å². The Morgan fingerprint density at radius 1 is 1.26 bits per heavy atom. The van der Waals surface area contributed by atoms with E-state index in [0.29, 0.717) is 18.0 Å². The second-order valence-corrected chi connectivity index (χ2v) is 6.74. The lowest BCUT2D eigenvalue weighted by Gasteiger charge is -2.45. The van der Waals surface area contributed by atoms with Crippen molar-refractivity contribution in [2.24, 2.45) is 5.92 Å². The molecule has 2 nitrogen and oxygen atoms in total. The second kappa shape index (κ2) is 5.84. The normalized spacial score (nSPS) is 27.7. The quantitative estimate of drug-likeness (QED) is 0.887. The molecule has 0 aliphatic carbocycles. The van der Waals surface area contributed by atoms with Crippen molar-refractivity contribution in [1.29, 1.82) is 0 Å². The summed E-state index contributed by atoms with van der Waals surface area (Å²) in [6.45, 7) is 10.2. The van der Waals surface area contributed by atoms with Crippen molar-refractivity contribution in [3.05, 3.63) is 27.7 Å². The molecule has 1 aliphatic heterocycles. The zero-order chi connectivity index (χ0) is 14.2. The van der Waals surface area contributed by atoms with Gasteiger partial charge in [0.1, 0.15) is 0 Å². The van der Waals surface area contributed by atoms with E-state index in [2.05, 4.69) is 73.0 Å². The average Bonchev–Trinajstić information content (AvgIpc) is 2.33. The number of hydrogen-bond donors (Lipinski definition) is 1. The van der Waals surface area contributed by atoms with Crippen molar-refractivity contribution in [2.75, 3.05) is 18.5 Å². The van der Waals surface area contributed by atoms with Gasteiger partial charge < -0.3 is 10.2 Å². The highest BCUT2D eigenvalue weighted by molar-refractivity contribution is 9.10. The van der Waals surface area contributed by atoms with Crippen molar-refractivity contribution in [3.8, 4) is 0 Å². The molecule has 0 radical (unpaired) electrons. The molecule has 3 atom stereocenters. The van der Waals surface area contributed by atoms with Gasteiger partial charge in [-0.2, -0.15) is 0 Å². The first kappa shape index (κ1) is 14.9. The molecular formula is C16H25BrN2. The monoisotopic (exact) mass is 324 g/mol. The van der Waals surface area contributed by atoms with Crippen LogP contribution in [0.3, 0.4) is 0 Å². The molecule has 2 rings (SSSR count). The van der Waals surface area contributed by atoms with Crippen LogP contribution in [0.5, 0.6) is 0 Å². The van der Waals surface area contributed by atoms with Crippen molar-refractivity contribution in [2.45, 2.75) is 46.2 Å². The molecule has 19 heavy (non-hydrogen) atoms.